The summed E-state index contributed by atoms with van der Waals surface area (Å²) >= 11 is 0. The molecule has 0 saturated carbocycles. The largest absolute Gasteiger partial charge is 0.411 e. The molecule has 112 valence electrons. The summed E-state index contributed by atoms with van der Waals surface area (Å²) in [7, 11) is -3.19. The van der Waals surface area contributed by atoms with E-state index in [9.17, 15) is 8.42 Å². The Morgan fingerprint density at radius 1 is 1.42 bits per heavy atom. The van der Waals surface area contributed by atoms with E-state index in [1.807, 2.05) is 27.7 Å². The molecule has 1 fully saturated rings. The molecule has 0 aromatic carbocycles. The van der Waals surface area contributed by atoms with E-state index in [1.54, 1.807) is 4.31 Å². The van der Waals surface area contributed by atoms with Crippen molar-refractivity contribution in [3.63, 3.8) is 0 Å². The molecule has 1 aliphatic rings. The summed E-state index contributed by atoms with van der Waals surface area (Å²) in [6.07, 6.45) is 1.98. The van der Waals surface area contributed by atoms with Crippen molar-refractivity contribution in [1.29, 1.82) is 0 Å². The molecule has 19 heavy (non-hydrogen) atoms. The van der Waals surface area contributed by atoms with Gasteiger partial charge in [-0.3, -0.25) is 0 Å². The highest BCUT2D eigenvalue weighted by Crippen LogP contribution is 2.24. The number of nitrogens with zero attached hydrogens (tertiary/aromatic N) is 2. The Morgan fingerprint density at radius 3 is 2.53 bits per heavy atom. The molecule has 1 rings (SSSR count). The summed E-state index contributed by atoms with van der Waals surface area (Å²) in [4.78, 5) is 0. The summed E-state index contributed by atoms with van der Waals surface area (Å²) in [5.41, 5.74) is 0.745. The van der Waals surface area contributed by atoms with Gasteiger partial charge in [-0.25, -0.2) is 12.7 Å². The maximum Gasteiger partial charge on any atom is 0.214 e. The fourth-order valence-corrected chi connectivity index (χ4v) is 4.10. The number of rotatable bonds is 4. The Balaban J connectivity index is 2.70. The maximum atomic E-state index is 12.3. The third-order valence-corrected chi connectivity index (χ3v) is 5.48. The minimum Gasteiger partial charge on any atom is -0.411 e. The molecule has 0 aromatic rings. The molecule has 0 amide bonds. The van der Waals surface area contributed by atoms with Crippen LogP contribution in [0.25, 0.3) is 0 Å². The van der Waals surface area contributed by atoms with Crippen LogP contribution in [0.1, 0.15) is 47.0 Å². The Hall–Kier alpha value is -0.620. The topological polar surface area (TPSA) is 70.0 Å². The van der Waals surface area contributed by atoms with Gasteiger partial charge in [0.1, 0.15) is 0 Å². The van der Waals surface area contributed by atoms with E-state index >= 15 is 0 Å². The van der Waals surface area contributed by atoms with Crippen molar-refractivity contribution in [2.24, 2.45) is 16.5 Å². The van der Waals surface area contributed by atoms with Crippen LogP contribution in [0.4, 0.5) is 0 Å². The van der Waals surface area contributed by atoms with Gasteiger partial charge in [0.05, 0.1) is 11.5 Å². The summed E-state index contributed by atoms with van der Waals surface area (Å²) in [5, 5.41) is 12.2. The van der Waals surface area contributed by atoms with Crippen molar-refractivity contribution < 1.29 is 13.6 Å². The SMILES string of the molecule is CCC1CN(S(=O)(=O)CCC(C)(C)C)CCC1=NO. The molecule has 0 radical (unpaired) electrons. The van der Waals surface area contributed by atoms with Crippen LogP contribution in [0, 0.1) is 11.3 Å². The van der Waals surface area contributed by atoms with Gasteiger partial charge in [0, 0.05) is 25.4 Å². The molecule has 0 spiro atoms. The van der Waals surface area contributed by atoms with Crippen molar-refractivity contribution in [2.75, 3.05) is 18.8 Å². The summed E-state index contributed by atoms with van der Waals surface area (Å²) in [6, 6.07) is 0. The predicted molar refractivity (Wildman–Crippen MR) is 77.1 cm³/mol. The lowest BCUT2D eigenvalue weighted by molar-refractivity contribution is 0.295. The minimum absolute atomic E-state index is 0.0186. The lowest BCUT2D eigenvalue weighted by Gasteiger charge is -2.32. The summed E-state index contributed by atoms with van der Waals surface area (Å²) in [5.74, 6) is 0.238. The molecule has 6 heteroatoms. The molecule has 0 aliphatic carbocycles. The van der Waals surface area contributed by atoms with E-state index in [0.29, 0.717) is 25.9 Å². The van der Waals surface area contributed by atoms with Gasteiger partial charge in [0.2, 0.25) is 10.0 Å². The zero-order valence-corrected chi connectivity index (χ0v) is 13.2. The summed E-state index contributed by atoms with van der Waals surface area (Å²) in [6.45, 7) is 9.00. The quantitative estimate of drug-likeness (QED) is 0.638. The van der Waals surface area contributed by atoms with Crippen LogP contribution in [0.3, 0.4) is 0 Å². The van der Waals surface area contributed by atoms with Gasteiger partial charge >= 0.3 is 0 Å². The first kappa shape index (κ1) is 16.4. The van der Waals surface area contributed by atoms with Gasteiger partial charge < -0.3 is 5.21 Å². The maximum absolute atomic E-state index is 12.3. The van der Waals surface area contributed by atoms with Gasteiger partial charge in [0.25, 0.3) is 0 Å². The number of piperidine rings is 1. The van der Waals surface area contributed by atoms with Crippen LogP contribution in [0.5, 0.6) is 0 Å². The van der Waals surface area contributed by atoms with Crippen molar-refractivity contribution in [3.05, 3.63) is 0 Å². The molecule has 1 aliphatic heterocycles. The van der Waals surface area contributed by atoms with E-state index in [4.69, 9.17) is 5.21 Å². The van der Waals surface area contributed by atoms with Crippen LogP contribution in [-0.4, -0.2) is 42.5 Å². The van der Waals surface area contributed by atoms with Crippen LogP contribution in [0.15, 0.2) is 5.16 Å². The number of sulfonamides is 1. The Kier molecular flexibility index (Phi) is 5.38. The zero-order chi connectivity index (χ0) is 14.7. The van der Waals surface area contributed by atoms with Crippen molar-refractivity contribution in [3.8, 4) is 0 Å². The Morgan fingerprint density at radius 2 is 2.05 bits per heavy atom. The fraction of sp³-hybridized carbons (Fsp3) is 0.923. The lowest BCUT2D eigenvalue weighted by Crippen LogP contribution is -2.45. The second-order valence-electron chi connectivity index (χ2n) is 6.43. The van der Waals surface area contributed by atoms with Gasteiger partial charge in [-0.1, -0.05) is 32.9 Å². The predicted octanol–water partition coefficient (Wildman–Crippen LogP) is 2.31. The third-order valence-electron chi connectivity index (χ3n) is 3.64. The Bertz CT molecular complexity index is 424. The standard InChI is InChI=1S/C13H26N2O3S/c1-5-11-10-15(8-6-12(11)14-16)19(17,18)9-7-13(2,3)4/h11,16H,5-10H2,1-4H3. The zero-order valence-electron chi connectivity index (χ0n) is 12.4. The van der Waals surface area contributed by atoms with Crippen molar-refractivity contribution >= 4 is 15.7 Å². The smallest absolute Gasteiger partial charge is 0.214 e. The van der Waals surface area contributed by atoms with E-state index in [0.717, 1.165) is 12.1 Å². The van der Waals surface area contributed by atoms with Crippen LogP contribution >= 0.6 is 0 Å². The second kappa shape index (κ2) is 6.22. The monoisotopic (exact) mass is 290 g/mol. The van der Waals surface area contributed by atoms with Crippen LogP contribution < -0.4 is 0 Å². The van der Waals surface area contributed by atoms with Gasteiger partial charge in [0.15, 0.2) is 0 Å². The first-order valence-electron chi connectivity index (χ1n) is 6.88. The van der Waals surface area contributed by atoms with Gasteiger partial charge in [-0.2, -0.15) is 0 Å². The lowest BCUT2D eigenvalue weighted by atomic mass is 9.94. The van der Waals surface area contributed by atoms with Gasteiger partial charge in [-0.15, -0.1) is 0 Å². The highest BCUT2D eigenvalue weighted by molar-refractivity contribution is 7.89. The van der Waals surface area contributed by atoms with Crippen LogP contribution in [0.2, 0.25) is 0 Å². The third kappa shape index (κ3) is 4.76. The van der Waals surface area contributed by atoms with Crippen molar-refractivity contribution in [2.45, 2.75) is 47.0 Å². The molecular weight excluding hydrogens is 264 g/mol. The van der Waals surface area contributed by atoms with E-state index in [1.165, 1.54) is 0 Å². The van der Waals surface area contributed by atoms with Crippen LogP contribution in [-0.2, 0) is 10.0 Å². The molecular formula is C13H26N2O3S. The first-order chi connectivity index (χ1) is 8.69. The number of hydrogen-bond acceptors (Lipinski definition) is 4. The molecule has 1 saturated heterocycles. The minimum atomic E-state index is -3.19. The van der Waals surface area contributed by atoms with E-state index in [-0.39, 0.29) is 17.1 Å². The fourth-order valence-electron chi connectivity index (χ4n) is 2.20. The summed E-state index contributed by atoms with van der Waals surface area (Å²) < 4.78 is 26.2. The second-order valence-corrected chi connectivity index (χ2v) is 8.52. The molecule has 1 unspecified atom stereocenters. The molecule has 5 nitrogen and oxygen atoms in total. The molecule has 1 atom stereocenters. The highest BCUT2D eigenvalue weighted by Gasteiger charge is 2.32. The average molecular weight is 290 g/mol. The highest BCUT2D eigenvalue weighted by atomic mass is 32.2. The molecule has 1 heterocycles. The molecule has 0 bridgehead atoms. The molecule has 1 N–H and O–H groups in total. The van der Waals surface area contributed by atoms with E-state index < -0.39 is 10.0 Å². The van der Waals surface area contributed by atoms with E-state index in [2.05, 4.69) is 5.16 Å². The molecule has 0 aromatic heterocycles. The Labute approximate surface area is 116 Å². The van der Waals surface area contributed by atoms with Crippen molar-refractivity contribution in [1.82, 2.24) is 4.31 Å². The van der Waals surface area contributed by atoms with Gasteiger partial charge in [-0.05, 0) is 18.3 Å². The normalized spacial score (nSPS) is 24.8. The average Bonchev–Trinajstić information content (AvgIpc) is 2.35. The number of hydrogen-bond donors (Lipinski definition) is 1. The first-order valence-corrected chi connectivity index (χ1v) is 8.49. The number of oxime groups is 1.